The molecule has 0 aromatic heterocycles. The Labute approximate surface area is 175 Å². The first-order chi connectivity index (χ1) is 14.5. The molecule has 160 valence electrons. The van der Waals surface area contributed by atoms with Gasteiger partial charge in [0.1, 0.15) is 0 Å². The average molecular weight is 414 g/mol. The van der Waals surface area contributed by atoms with Crippen LogP contribution in [0.25, 0.3) is 0 Å². The number of unbranched alkanes of at least 4 members (excludes halogenated alkanes) is 2. The minimum absolute atomic E-state index is 0.0390. The molecule has 5 N–H and O–H groups in total. The number of nitro benzene ring substituents is 1. The Kier molecular flexibility index (Phi) is 9.26. The number of anilines is 2. The number of nitrogens with zero attached hydrogens (tertiary/aromatic N) is 2. The number of benzene rings is 2. The van der Waals surface area contributed by atoms with E-state index in [9.17, 15) is 19.7 Å². The van der Waals surface area contributed by atoms with E-state index < -0.39 is 4.92 Å². The number of urea groups is 1. The maximum Gasteiger partial charge on any atom is 0.326 e. The third-order valence-corrected chi connectivity index (χ3v) is 4.45. The summed E-state index contributed by atoms with van der Waals surface area (Å²) in [7, 11) is 0. The predicted octanol–water partition coefficient (Wildman–Crippen LogP) is 2.55. The van der Waals surface area contributed by atoms with Crippen LogP contribution in [-0.2, 0) is 4.79 Å². The summed E-state index contributed by atoms with van der Waals surface area (Å²) in [6.07, 6.45) is 3.27. The highest BCUT2D eigenvalue weighted by molar-refractivity contribution is 6.01. The van der Waals surface area contributed by atoms with Gasteiger partial charge in [-0.05, 0) is 43.5 Å². The van der Waals surface area contributed by atoms with Crippen LogP contribution in [0.4, 0.5) is 21.9 Å². The number of carbonyl (C=O) groups is 2. The number of para-hydroxylation sites is 1. The Bertz CT molecular complexity index is 827. The third-order valence-electron chi connectivity index (χ3n) is 4.45. The molecular weight excluding hydrogens is 386 g/mol. The second kappa shape index (κ2) is 12.2. The summed E-state index contributed by atoms with van der Waals surface area (Å²) >= 11 is 0. The van der Waals surface area contributed by atoms with E-state index in [0.29, 0.717) is 24.3 Å². The molecule has 0 aliphatic rings. The Balaban J connectivity index is 1.95. The molecule has 9 nitrogen and oxygen atoms in total. The molecule has 0 saturated carbocycles. The number of carbonyl (C=O) groups excluding carboxylic acids is 2. The number of hydrogen-bond acceptors (Lipinski definition) is 4. The lowest BCUT2D eigenvalue weighted by molar-refractivity contribution is -0.384. The van der Waals surface area contributed by atoms with Gasteiger partial charge in [0.15, 0.2) is 0 Å². The first-order valence-corrected chi connectivity index (χ1v) is 9.95. The van der Waals surface area contributed by atoms with Crippen molar-refractivity contribution in [2.24, 2.45) is 0 Å². The average Bonchev–Trinajstić information content (AvgIpc) is 2.75. The van der Waals surface area contributed by atoms with Gasteiger partial charge in [-0.15, -0.1) is 0 Å². The first-order valence-electron chi connectivity index (χ1n) is 9.95. The maximum atomic E-state index is 12.8. The van der Waals surface area contributed by atoms with Crippen LogP contribution in [0.3, 0.4) is 0 Å². The van der Waals surface area contributed by atoms with Crippen LogP contribution in [0.2, 0.25) is 0 Å². The molecule has 0 spiro atoms. The number of quaternary nitrogens is 1. The predicted molar refractivity (Wildman–Crippen MR) is 115 cm³/mol. The van der Waals surface area contributed by atoms with Crippen molar-refractivity contribution in [3.63, 3.8) is 0 Å². The molecule has 0 aliphatic heterocycles. The van der Waals surface area contributed by atoms with Gasteiger partial charge in [0.2, 0.25) is 5.91 Å². The van der Waals surface area contributed by atoms with Crippen LogP contribution in [0.15, 0.2) is 54.6 Å². The lowest BCUT2D eigenvalue weighted by Gasteiger charge is -2.23. The molecule has 0 aliphatic carbocycles. The van der Waals surface area contributed by atoms with E-state index in [4.69, 9.17) is 0 Å². The highest BCUT2D eigenvalue weighted by atomic mass is 16.6. The normalized spacial score (nSPS) is 10.3. The number of nitro groups is 1. The van der Waals surface area contributed by atoms with Gasteiger partial charge in [-0.3, -0.25) is 19.8 Å². The van der Waals surface area contributed by atoms with E-state index in [-0.39, 0.29) is 24.2 Å². The number of non-ortho nitro benzene ring substituents is 1. The Morgan fingerprint density at radius 1 is 1.00 bits per heavy atom. The number of hydrogen-bond donors (Lipinski definition) is 3. The van der Waals surface area contributed by atoms with Crippen LogP contribution < -0.4 is 21.3 Å². The zero-order valence-corrected chi connectivity index (χ0v) is 16.9. The van der Waals surface area contributed by atoms with Crippen molar-refractivity contribution in [1.29, 1.82) is 0 Å². The highest BCUT2D eigenvalue weighted by Crippen LogP contribution is 2.18. The molecule has 0 saturated heterocycles. The van der Waals surface area contributed by atoms with E-state index in [0.717, 1.165) is 25.8 Å². The molecule has 2 aromatic carbocycles. The van der Waals surface area contributed by atoms with Crippen molar-refractivity contribution in [3.05, 3.63) is 64.7 Å². The van der Waals surface area contributed by atoms with Gasteiger partial charge in [0, 0.05) is 43.0 Å². The maximum absolute atomic E-state index is 12.8. The standard InChI is InChI=1S/C21H27N5O4/c22-14-6-2-5-9-20(27)23-15-16-25(18-7-3-1-4-8-18)21(28)24-17-10-12-19(13-11-17)26(29)30/h1,3-4,7-8,10-13H,2,5-6,9,14-16,22H2,(H,23,27)(H,24,28)/p+1. The molecule has 0 unspecified atom stereocenters. The SMILES string of the molecule is [NH3+]CCCCCC(=O)NCCN(C(=O)Nc1ccc([N+](=O)[O-])cc1)c1ccccc1. The van der Waals surface area contributed by atoms with Gasteiger partial charge in [0.05, 0.1) is 11.5 Å². The van der Waals surface area contributed by atoms with Crippen LogP contribution in [0.5, 0.6) is 0 Å². The molecule has 0 atom stereocenters. The largest absolute Gasteiger partial charge is 0.358 e. The lowest BCUT2D eigenvalue weighted by atomic mass is 10.2. The molecule has 0 fully saturated rings. The fourth-order valence-corrected chi connectivity index (χ4v) is 2.85. The molecule has 2 rings (SSSR count). The molecule has 30 heavy (non-hydrogen) atoms. The Morgan fingerprint density at radius 2 is 1.70 bits per heavy atom. The van der Waals surface area contributed by atoms with Gasteiger partial charge >= 0.3 is 6.03 Å². The van der Waals surface area contributed by atoms with Gasteiger partial charge in [-0.2, -0.15) is 0 Å². The summed E-state index contributed by atoms with van der Waals surface area (Å²) in [6.45, 7) is 1.47. The Hall–Kier alpha value is -3.46. The van der Waals surface area contributed by atoms with Gasteiger partial charge in [0.25, 0.3) is 5.69 Å². The summed E-state index contributed by atoms with van der Waals surface area (Å²) in [5.74, 6) is -0.0390. The highest BCUT2D eigenvalue weighted by Gasteiger charge is 2.16. The number of nitrogens with one attached hydrogen (secondary N) is 2. The minimum Gasteiger partial charge on any atom is -0.358 e. The smallest absolute Gasteiger partial charge is 0.326 e. The topological polar surface area (TPSA) is 132 Å². The summed E-state index contributed by atoms with van der Waals surface area (Å²) in [4.78, 5) is 36.6. The second-order valence-electron chi connectivity index (χ2n) is 6.74. The van der Waals surface area contributed by atoms with Crippen molar-refractivity contribution in [2.75, 3.05) is 29.9 Å². The first kappa shape index (κ1) is 22.8. The van der Waals surface area contributed by atoms with Crippen molar-refractivity contribution in [1.82, 2.24) is 5.32 Å². The molecule has 0 radical (unpaired) electrons. The van der Waals surface area contributed by atoms with Gasteiger partial charge in [-0.25, -0.2) is 4.79 Å². The lowest BCUT2D eigenvalue weighted by Crippen LogP contribution is -2.50. The minimum atomic E-state index is -0.496. The second-order valence-corrected chi connectivity index (χ2v) is 6.74. The van der Waals surface area contributed by atoms with E-state index in [1.165, 1.54) is 29.2 Å². The van der Waals surface area contributed by atoms with Crippen molar-refractivity contribution in [3.8, 4) is 0 Å². The van der Waals surface area contributed by atoms with Gasteiger partial charge in [-0.1, -0.05) is 18.2 Å². The van der Waals surface area contributed by atoms with E-state index >= 15 is 0 Å². The van der Waals surface area contributed by atoms with Crippen LogP contribution >= 0.6 is 0 Å². The van der Waals surface area contributed by atoms with Crippen LogP contribution in [0, 0.1) is 10.1 Å². The molecule has 0 heterocycles. The van der Waals surface area contributed by atoms with Crippen molar-refractivity contribution < 1.29 is 20.2 Å². The molecule has 0 bridgehead atoms. The van der Waals surface area contributed by atoms with Gasteiger partial charge < -0.3 is 16.4 Å². The molecule has 9 heteroatoms. The van der Waals surface area contributed by atoms with Crippen LogP contribution in [-0.4, -0.2) is 36.5 Å². The van der Waals surface area contributed by atoms with Crippen molar-refractivity contribution in [2.45, 2.75) is 25.7 Å². The quantitative estimate of drug-likeness (QED) is 0.296. The van der Waals surface area contributed by atoms with Crippen molar-refractivity contribution >= 4 is 29.0 Å². The van der Waals surface area contributed by atoms with Crippen LogP contribution in [0.1, 0.15) is 25.7 Å². The fraction of sp³-hybridized carbons (Fsp3) is 0.333. The summed E-state index contributed by atoms with van der Waals surface area (Å²) in [5, 5.41) is 16.4. The molecular formula is C21H28N5O4+. The number of amides is 3. The molecule has 3 amide bonds. The van der Waals surface area contributed by atoms with E-state index in [1.54, 1.807) is 12.1 Å². The van der Waals surface area contributed by atoms with E-state index in [1.807, 2.05) is 18.2 Å². The van der Waals surface area contributed by atoms with E-state index in [2.05, 4.69) is 16.4 Å². The summed E-state index contributed by atoms with van der Waals surface area (Å²) in [6, 6.07) is 14.3. The summed E-state index contributed by atoms with van der Waals surface area (Å²) in [5.41, 5.74) is 4.86. The molecule has 2 aromatic rings. The zero-order valence-electron chi connectivity index (χ0n) is 16.9. The third kappa shape index (κ3) is 7.51. The zero-order chi connectivity index (χ0) is 21.8. The fourth-order valence-electron chi connectivity index (χ4n) is 2.85. The monoisotopic (exact) mass is 414 g/mol. The summed E-state index contributed by atoms with van der Waals surface area (Å²) < 4.78 is 0. The Morgan fingerprint density at radius 3 is 2.33 bits per heavy atom. The number of rotatable bonds is 11.